The molecule has 10 heteroatoms. The molecule has 3 aromatic carbocycles. The molecule has 1 aromatic heterocycles. The lowest BCUT2D eigenvalue weighted by Crippen LogP contribution is -2.24. The van der Waals surface area contributed by atoms with Gasteiger partial charge in [0.15, 0.2) is 17.6 Å². The molecule has 0 saturated carbocycles. The lowest BCUT2D eigenvalue weighted by molar-refractivity contribution is 0.0856. The zero-order valence-corrected chi connectivity index (χ0v) is 18.0. The van der Waals surface area contributed by atoms with E-state index in [9.17, 15) is 4.79 Å². The summed E-state index contributed by atoms with van der Waals surface area (Å²) in [5.74, 6) is 2.45. The maximum atomic E-state index is 12.8. The zero-order chi connectivity index (χ0) is 23.2. The third-order valence-corrected chi connectivity index (χ3v) is 5.01. The minimum atomic E-state index is -0.536. The number of hydrogen-bond donors (Lipinski definition) is 2. The normalized spacial score (nSPS) is 14.3. The fourth-order valence-corrected chi connectivity index (χ4v) is 3.36. The van der Waals surface area contributed by atoms with Gasteiger partial charge in [0.1, 0.15) is 31.3 Å². The molecule has 2 N–H and O–H groups in total. The SMILES string of the molecule is O=C(Nc1cccc2c1OC(c1nn[nH]n1)CO2)c1ccc(OCCOc2ccccc2)cc1. The molecule has 0 saturated heterocycles. The van der Waals surface area contributed by atoms with Gasteiger partial charge in [-0.3, -0.25) is 4.79 Å². The summed E-state index contributed by atoms with van der Waals surface area (Å²) in [7, 11) is 0. The van der Waals surface area contributed by atoms with E-state index in [2.05, 4.69) is 25.9 Å². The van der Waals surface area contributed by atoms with Crippen LogP contribution in [0.2, 0.25) is 0 Å². The molecule has 1 amide bonds. The second kappa shape index (κ2) is 9.90. The van der Waals surface area contributed by atoms with Crippen molar-refractivity contribution in [2.24, 2.45) is 0 Å². The van der Waals surface area contributed by atoms with Gasteiger partial charge in [-0.25, -0.2) is 0 Å². The largest absolute Gasteiger partial charge is 0.490 e. The number of rotatable bonds is 8. The van der Waals surface area contributed by atoms with Gasteiger partial charge in [0.2, 0.25) is 5.82 Å². The molecule has 0 radical (unpaired) electrons. The predicted octanol–water partition coefficient (Wildman–Crippen LogP) is 3.42. The quantitative estimate of drug-likeness (QED) is 0.385. The van der Waals surface area contributed by atoms with Crippen LogP contribution in [0.5, 0.6) is 23.0 Å². The van der Waals surface area contributed by atoms with Crippen LogP contribution in [-0.2, 0) is 0 Å². The molecule has 1 aliphatic rings. The minimum absolute atomic E-state index is 0.238. The summed E-state index contributed by atoms with van der Waals surface area (Å²) >= 11 is 0. The number of nitrogens with zero attached hydrogens (tertiary/aromatic N) is 3. The molecule has 0 bridgehead atoms. The zero-order valence-electron chi connectivity index (χ0n) is 18.0. The molecule has 0 fully saturated rings. The maximum absolute atomic E-state index is 12.8. The van der Waals surface area contributed by atoms with Crippen LogP contribution in [0.15, 0.2) is 72.8 Å². The first-order valence-electron chi connectivity index (χ1n) is 10.6. The number of para-hydroxylation sites is 2. The molecule has 34 heavy (non-hydrogen) atoms. The number of anilines is 1. The van der Waals surface area contributed by atoms with Crippen molar-refractivity contribution in [1.29, 1.82) is 0 Å². The van der Waals surface area contributed by atoms with Crippen molar-refractivity contribution < 1.29 is 23.7 Å². The molecule has 10 nitrogen and oxygen atoms in total. The summed E-state index contributed by atoms with van der Waals surface area (Å²) in [5.41, 5.74) is 0.950. The predicted molar refractivity (Wildman–Crippen MR) is 121 cm³/mol. The van der Waals surface area contributed by atoms with Crippen LogP contribution in [0, 0.1) is 0 Å². The number of nitrogens with one attached hydrogen (secondary N) is 2. The van der Waals surface area contributed by atoms with Crippen molar-refractivity contribution >= 4 is 11.6 Å². The van der Waals surface area contributed by atoms with E-state index >= 15 is 0 Å². The van der Waals surface area contributed by atoms with Gasteiger partial charge < -0.3 is 24.3 Å². The number of ether oxygens (including phenoxy) is 4. The Morgan fingerprint density at radius 1 is 0.971 bits per heavy atom. The Labute approximate surface area is 194 Å². The summed E-state index contributed by atoms with van der Waals surface area (Å²) < 4.78 is 23.0. The number of H-pyrrole nitrogens is 1. The Morgan fingerprint density at radius 2 is 1.74 bits per heavy atom. The van der Waals surface area contributed by atoms with Gasteiger partial charge in [0.25, 0.3) is 5.91 Å². The van der Waals surface area contributed by atoms with E-state index in [0.29, 0.717) is 47.5 Å². The summed E-state index contributed by atoms with van der Waals surface area (Å²) in [6.07, 6.45) is -0.536. The number of hydrogen-bond acceptors (Lipinski definition) is 8. The van der Waals surface area contributed by atoms with Crippen LogP contribution in [0.4, 0.5) is 5.69 Å². The van der Waals surface area contributed by atoms with Gasteiger partial charge in [-0.15, -0.1) is 10.2 Å². The number of carbonyl (C=O) groups is 1. The highest BCUT2D eigenvalue weighted by Gasteiger charge is 2.28. The van der Waals surface area contributed by atoms with Gasteiger partial charge in [0, 0.05) is 5.56 Å². The van der Waals surface area contributed by atoms with Gasteiger partial charge in [-0.2, -0.15) is 5.21 Å². The third kappa shape index (κ3) is 4.90. The highest BCUT2D eigenvalue weighted by atomic mass is 16.6. The summed E-state index contributed by atoms with van der Waals surface area (Å²) in [6.45, 7) is 1.04. The third-order valence-electron chi connectivity index (χ3n) is 5.01. The molecule has 4 aromatic rings. The Kier molecular flexibility index (Phi) is 6.19. The van der Waals surface area contributed by atoms with Gasteiger partial charge in [-0.1, -0.05) is 29.5 Å². The molecule has 0 spiro atoms. The van der Waals surface area contributed by atoms with E-state index in [1.807, 2.05) is 30.3 Å². The number of aromatic nitrogens is 4. The second-order valence-electron chi connectivity index (χ2n) is 7.31. The first-order valence-corrected chi connectivity index (χ1v) is 10.6. The first kappa shape index (κ1) is 21.3. The highest BCUT2D eigenvalue weighted by molar-refractivity contribution is 6.05. The van der Waals surface area contributed by atoms with Crippen molar-refractivity contribution in [2.45, 2.75) is 6.10 Å². The summed E-state index contributed by atoms with van der Waals surface area (Å²) in [4.78, 5) is 12.8. The van der Waals surface area contributed by atoms with E-state index in [0.717, 1.165) is 5.75 Å². The van der Waals surface area contributed by atoms with Crippen molar-refractivity contribution in [3.8, 4) is 23.0 Å². The second-order valence-corrected chi connectivity index (χ2v) is 7.31. The molecule has 1 atom stereocenters. The molecule has 2 heterocycles. The number of amides is 1. The monoisotopic (exact) mass is 459 g/mol. The van der Waals surface area contributed by atoms with Crippen LogP contribution >= 0.6 is 0 Å². The van der Waals surface area contributed by atoms with Crippen LogP contribution in [0.25, 0.3) is 0 Å². The van der Waals surface area contributed by atoms with Crippen LogP contribution in [0.3, 0.4) is 0 Å². The van der Waals surface area contributed by atoms with Crippen molar-refractivity contribution in [3.63, 3.8) is 0 Å². The van der Waals surface area contributed by atoms with Crippen LogP contribution < -0.4 is 24.3 Å². The molecule has 1 unspecified atom stereocenters. The van der Waals surface area contributed by atoms with E-state index in [-0.39, 0.29) is 12.5 Å². The van der Waals surface area contributed by atoms with Crippen molar-refractivity contribution in [2.75, 3.05) is 25.1 Å². The fraction of sp³-hybridized carbons (Fsp3) is 0.167. The van der Waals surface area contributed by atoms with Gasteiger partial charge in [0.05, 0.1) is 5.69 Å². The highest BCUT2D eigenvalue weighted by Crippen LogP contribution is 2.41. The Bertz CT molecular complexity index is 1230. The molecule has 172 valence electrons. The number of aromatic amines is 1. The Hall–Kier alpha value is -4.60. The molecule has 1 aliphatic heterocycles. The van der Waals surface area contributed by atoms with Crippen LogP contribution in [-0.4, -0.2) is 46.4 Å². The molecule has 0 aliphatic carbocycles. The van der Waals surface area contributed by atoms with E-state index < -0.39 is 6.10 Å². The van der Waals surface area contributed by atoms with Crippen LogP contribution in [0.1, 0.15) is 22.3 Å². The van der Waals surface area contributed by atoms with E-state index in [4.69, 9.17) is 18.9 Å². The fourth-order valence-electron chi connectivity index (χ4n) is 3.36. The summed E-state index contributed by atoms with van der Waals surface area (Å²) in [6, 6.07) is 21.7. The number of carbonyl (C=O) groups excluding carboxylic acids is 1. The van der Waals surface area contributed by atoms with Gasteiger partial charge in [-0.05, 0) is 48.5 Å². The smallest absolute Gasteiger partial charge is 0.255 e. The van der Waals surface area contributed by atoms with Crippen molar-refractivity contribution in [3.05, 3.63) is 84.2 Å². The average molecular weight is 459 g/mol. The number of tetrazole rings is 1. The lowest BCUT2D eigenvalue weighted by Gasteiger charge is -2.26. The Balaban J connectivity index is 1.18. The first-order chi connectivity index (χ1) is 16.8. The number of fused-ring (bicyclic) bond motifs is 1. The lowest BCUT2D eigenvalue weighted by atomic mass is 10.2. The maximum Gasteiger partial charge on any atom is 0.255 e. The molecular formula is C24H21N5O5. The Morgan fingerprint density at radius 3 is 2.47 bits per heavy atom. The van der Waals surface area contributed by atoms with Gasteiger partial charge >= 0.3 is 0 Å². The topological polar surface area (TPSA) is 120 Å². The molecular weight excluding hydrogens is 438 g/mol. The van der Waals surface area contributed by atoms with Crippen molar-refractivity contribution in [1.82, 2.24) is 20.6 Å². The average Bonchev–Trinajstić information content (AvgIpc) is 3.43. The molecule has 5 rings (SSSR count). The summed E-state index contributed by atoms with van der Waals surface area (Å²) in [5, 5.41) is 16.7. The minimum Gasteiger partial charge on any atom is -0.490 e. The number of benzene rings is 3. The van der Waals surface area contributed by atoms with E-state index in [1.165, 1.54) is 0 Å². The standard InChI is InChI=1S/C24H21N5O5/c30-24(16-9-11-18(12-10-16)32-14-13-31-17-5-2-1-3-6-17)25-19-7-4-8-20-22(19)34-21(15-33-20)23-26-28-29-27-23/h1-12,21H,13-15H2,(H,25,30)(H,26,27,28,29). The van der Waals surface area contributed by atoms with E-state index in [1.54, 1.807) is 42.5 Å².